The van der Waals surface area contributed by atoms with Crippen LogP contribution in [-0.4, -0.2) is 60.5 Å². The summed E-state index contributed by atoms with van der Waals surface area (Å²) in [5, 5.41) is 26.7. The second-order valence-corrected chi connectivity index (χ2v) is 7.15. The van der Waals surface area contributed by atoms with Gasteiger partial charge in [-0.15, -0.1) is 0 Å². The molecule has 0 radical (unpaired) electrons. The summed E-state index contributed by atoms with van der Waals surface area (Å²) >= 11 is 0. The molecule has 0 aliphatic carbocycles. The average molecular weight is 412 g/mol. The normalized spacial score (nSPS) is 24.7. The SMILES string of the molecule is CCNC(=O)[C@H]1OC(n2cnc3c(N[C@@H](C)c4ccccc4)ncnc32)[C@H](O)[C@@H]1O. The van der Waals surface area contributed by atoms with Gasteiger partial charge in [-0.05, 0) is 19.4 Å². The molecule has 1 aliphatic heterocycles. The molecule has 10 heteroatoms. The van der Waals surface area contributed by atoms with Crippen LogP contribution in [0.3, 0.4) is 0 Å². The Labute approximate surface area is 172 Å². The monoisotopic (exact) mass is 412 g/mol. The molecule has 158 valence electrons. The predicted molar refractivity (Wildman–Crippen MR) is 108 cm³/mol. The summed E-state index contributed by atoms with van der Waals surface area (Å²) in [6.45, 7) is 4.16. The van der Waals surface area contributed by atoms with Gasteiger partial charge in [-0.1, -0.05) is 30.3 Å². The number of nitrogens with zero attached hydrogens (tertiary/aromatic N) is 4. The first-order valence-corrected chi connectivity index (χ1v) is 9.79. The molecular formula is C20H24N6O4. The quantitative estimate of drug-likeness (QED) is 0.466. The van der Waals surface area contributed by atoms with E-state index in [1.807, 2.05) is 37.3 Å². The number of aliphatic hydroxyl groups is 2. The van der Waals surface area contributed by atoms with Crippen LogP contribution in [0.5, 0.6) is 0 Å². The van der Waals surface area contributed by atoms with Crippen molar-refractivity contribution in [3.8, 4) is 0 Å². The number of nitrogens with one attached hydrogen (secondary N) is 2. The highest BCUT2D eigenvalue weighted by Gasteiger charge is 2.47. The van der Waals surface area contributed by atoms with Crippen LogP contribution in [0.1, 0.15) is 31.7 Å². The van der Waals surface area contributed by atoms with Gasteiger partial charge in [-0.3, -0.25) is 9.36 Å². The lowest BCUT2D eigenvalue weighted by atomic mass is 10.1. The van der Waals surface area contributed by atoms with Gasteiger partial charge < -0.3 is 25.6 Å². The van der Waals surface area contributed by atoms with Gasteiger partial charge in [0, 0.05) is 6.54 Å². The minimum atomic E-state index is -1.36. The van der Waals surface area contributed by atoms with Crippen molar-refractivity contribution < 1.29 is 19.7 Å². The van der Waals surface area contributed by atoms with Gasteiger partial charge in [0.2, 0.25) is 0 Å². The van der Waals surface area contributed by atoms with E-state index in [2.05, 4.69) is 25.6 Å². The van der Waals surface area contributed by atoms with E-state index >= 15 is 0 Å². The number of aliphatic hydroxyl groups excluding tert-OH is 2. The summed E-state index contributed by atoms with van der Waals surface area (Å²) in [7, 11) is 0. The highest BCUT2D eigenvalue weighted by Crippen LogP contribution is 2.33. The topological polar surface area (TPSA) is 134 Å². The summed E-state index contributed by atoms with van der Waals surface area (Å²) in [5.74, 6) is 0.0491. The number of amides is 1. The summed E-state index contributed by atoms with van der Waals surface area (Å²) in [6, 6.07) is 9.89. The van der Waals surface area contributed by atoms with Crippen molar-refractivity contribution in [2.45, 2.75) is 44.4 Å². The van der Waals surface area contributed by atoms with E-state index in [9.17, 15) is 15.0 Å². The van der Waals surface area contributed by atoms with Crippen molar-refractivity contribution >= 4 is 22.9 Å². The molecule has 1 unspecified atom stereocenters. The third-order valence-corrected chi connectivity index (χ3v) is 5.13. The van der Waals surface area contributed by atoms with E-state index in [1.54, 1.807) is 6.92 Å². The number of carbonyl (C=O) groups excluding carboxylic acids is 1. The van der Waals surface area contributed by atoms with Gasteiger partial charge >= 0.3 is 0 Å². The molecule has 4 N–H and O–H groups in total. The number of ether oxygens (including phenoxy) is 1. The number of imidazole rings is 1. The number of anilines is 1. The Bertz CT molecular complexity index is 1030. The molecule has 4 rings (SSSR count). The van der Waals surface area contributed by atoms with Crippen LogP contribution in [0.25, 0.3) is 11.2 Å². The number of aromatic nitrogens is 4. The predicted octanol–water partition coefficient (Wildman–Crippen LogP) is 0.755. The molecule has 30 heavy (non-hydrogen) atoms. The van der Waals surface area contributed by atoms with Gasteiger partial charge in [0.05, 0.1) is 12.4 Å². The molecule has 0 spiro atoms. The summed E-state index contributed by atoms with van der Waals surface area (Å²) in [4.78, 5) is 25.1. The number of rotatable bonds is 6. The third kappa shape index (κ3) is 3.60. The standard InChI is InChI=1S/C20H24N6O4/c1-3-21-19(29)16-14(27)15(28)20(30-16)26-10-24-13-17(22-9-23-18(13)26)25-11(2)12-7-5-4-6-8-12/h4-11,14-16,20,27-28H,3H2,1-2H3,(H,21,29)(H,22,23,25)/t11-,14-,15+,16-,20?/m0/s1. The number of hydrogen-bond acceptors (Lipinski definition) is 8. The van der Waals surface area contributed by atoms with E-state index in [0.29, 0.717) is 23.5 Å². The second-order valence-electron chi connectivity index (χ2n) is 7.15. The zero-order valence-electron chi connectivity index (χ0n) is 16.6. The van der Waals surface area contributed by atoms with Crippen LogP contribution in [0.15, 0.2) is 43.0 Å². The number of hydrogen-bond donors (Lipinski definition) is 4. The van der Waals surface area contributed by atoms with E-state index in [1.165, 1.54) is 17.2 Å². The van der Waals surface area contributed by atoms with Crippen LogP contribution in [0.2, 0.25) is 0 Å². The Balaban J connectivity index is 1.61. The molecule has 1 saturated heterocycles. The fourth-order valence-electron chi connectivity index (χ4n) is 3.55. The van der Waals surface area contributed by atoms with Gasteiger partial charge in [0.1, 0.15) is 18.5 Å². The van der Waals surface area contributed by atoms with Crippen LogP contribution in [0.4, 0.5) is 5.82 Å². The lowest BCUT2D eigenvalue weighted by Gasteiger charge is -2.17. The number of carbonyl (C=O) groups is 1. The van der Waals surface area contributed by atoms with Crippen LogP contribution in [0, 0.1) is 0 Å². The largest absolute Gasteiger partial charge is 0.387 e. The van der Waals surface area contributed by atoms with Gasteiger partial charge in [-0.2, -0.15) is 0 Å². The lowest BCUT2D eigenvalue weighted by Crippen LogP contribution is -2.42. The van der Waals surface area contributed by atoms with Crippen molar-refractivity contribution in [1.82, 2.24) is 24.8 Å². The highest BCUT2D eigenvalue weighted by atomic mass is 16.6. The van der Waals surface area contributed by atoms with Crippen molar-refractivity contribution in [3.63, 3.8) is 0 Å². The van der Waals surface area contributed by atoms with Crippen molar-refractivity contribution in [3.05, 3.63) is 48.5 Å². The van der Waals surface area contributed by atoms with Crippen LogP contribution >= 0.6 is 0 Å². The molecule has 5 atom stereocenters. The molecular weight excluding hydrogens is 388 g/mol. The van der Waals surface area contributed by atoms with Gasteiger partial charge in [0.15, 0.2) is 29.3 Å². The number of fused-ring (bicyclic) bond motifs is 1. The van der Waals surface area contributed by atoms with Crippen molar-refractivity contribution in [2.24, 2.45) is 0 Å². The minimum absolute atomic E-state index is 0.0216. The molecule has 2 aromatic heterocycles. The van der Waals surface area contributed by atoms with E-state index < -0.39 is 30.4 Å². The van der Waals surface area contributed by atoms with Crippen LogP contribution in [-0.2, 0) is 9.53 Å². The van der Waals surface area contributed by atoms with E-state index in [0.717, 1.165) is 5.56 Å². The smallest absolute Gasteiger partial charge is 0.252 e. The van der Waals surface area contributed by atoms with Crippen LogP contribution < -0.4 is 10.6 Å². The number of benzene rings is 1. The lowest BCUT2D eigenvalue weighted by molar-refractivity contribution is -0.137. The Morgan fingerprint density at radius 1 is 1.20 bits per heavy atom. The zero-order chi connectivity index (χ0) is 21.3. The molecule has 1 fully saturated rings. The maximum absolute atomic E-state index is 12.1. The Morgan fingerprint density at radius 2 is 1.97 bits per heavy atom. The maximum Gasteiger partial charge on any atom is 0.252 e. The van der Waals surface area contributed by atoms with Gasteiger partial charge in [-0.25, -0.2) is 15.0 Å². The van der Waals surface area contributed by atoms with Gasteiger partial charge in [0.25, 0.3) is 5.91 Å². The molecule has 0 bridgehead atoms. The molecule has 1 aliphatic rings. The Morgan fingerprint density at radius 3 is 2.70 bits per heavy atom. The average Bonchev–Trinajstić information content (AvgIpc) is 3.31. The summed E-state index contributed by atoms with van der Waals surface area (Å²) in [5.41, 5.74) is 2.00. The molecule has 1 aromatic carbocycles. The summed E-state index contributed by atoms with van der Waals surface area (Å²) in [6.07, 6.45) is -2.02. The number of likely N-dealkylation sites (N-methyl/N-ethyl adjacent to an activating group) is 1. The minimum Gasteiger partial charge on any atom is -0.387 e. The molecule has 3 heterocycles. The Kier molecular flexibility index (Phi) is 5.62. The second kappa shape index (κ2) is 8.34. The highest BCUT2D eigenvalue weighted by molar-refractivity contribution is 5.83. The van der Waals surface area contributed by atoms with E-state index in [4.69, 9.17) is 4.74 Å². The first-order chi connectivity index (χ1) is 14.5. The molecule has 3 aromatic rings. The first-order valence-electron chi connectivity index (χ1n) is 9.79. The first kappa shape index (κ1) is 20.2. The fourth-order valence-corrected chi connectivity index (χ4v) is 3.55. The molecule has 1 amide bonds. The fraction of sp³-hybridized carbons (Fsp3) is 0.400. The third-order valence-electron chi connectivity index (χ3n) is 5.13. The summed E-state index contributed by atoms with van der Waals surface area (Å²) < 4.78 is 7.18. The van der Waals surface area contributed by atoms with E-state index in [-0.39, 0.29) is 6.04 Å². The Hall–Kier alpha value is -3.08. The molecule has 10 nitrogen and oxygen atoms in total. The molecule has 0 saturated carbocycles. The van der Waals surface area contributed by atoms with Crippen molar-refractivity contribution in [1.29, 1.82) is 0 Å². The maximum atomic E-state index is 12.1. The zero-order valence-corrected chi connectivity index (χ0v) is 16.6. The van der Waals surface area contributed by atoms with Crippen molar-refractivity contribution in [2.75, 3.05) is 11.9 Å².